The zero-order valence-corrected chi connectivity index (χ0v) is 52.3. The molecule has 6 nitrogen and oxygen atoms in total. The molecule has 0 amide bonds. The van der Waals surface area contributed by atoms with E-state index in [1.54, 1.807) is 0 Å². The van der Waals surface area contributed by atoms with Gasteiger partial charge in [0.1, 0.15) is 13.2 Å². The second-order valence-corrected chi connectivity index (χ2v) is 23.8. The van der Waals surface area contributed by atoms with Crippen molar-refractivity contribution in [2.45, 2.75) is 399 Å². The second kappa shape index (κ2) is 66.4. The lowest BCUT2D eigenvalue weighted by atomic mass is 10.0. The smallest absolute Gasteiger partial charge is 0.306 e. The first kappa shape index (κ1) is 74.9. The zero-order chi connectivity index (χ0) is 55.7. The molecule has 0 aromatic rings. The highest BCUT2D eigenvalue weighted by Crippen LogP contribution is 2.18. The Hall–Kier alpha value is -2.11. The summed E-state index contributed by atoms with van der Waals surface area (Å²) >= 11 is 0. The summed E-state index contributed by atoms with van der Waals surface area (Å²) in [6.07, 6.45) is 81.3. The summed E-state index contributed by atoms with van der Waals surface area (Å²) in [5.74, 6) is -0.856. The van der Waals surface area contributed by atoms with Gasteiger partial charge in [0.2, 0.25) is 0 Å². The van der Waals surface area contributed by atoms with Crippen LogP contribution in [0.5, 0.6) is 0 Å². The first-order valence-electron chi connectivity index (χ1n) is 34.8. The van der Waals surface area contributed by atoms with E-state index in [4.69, 9.17) is 14.2 Å². The van der Waals surface area contributed by atoms with Gasteiger partial charge in [0.05, 0.1) is 0 Å². The highest BCUT2D eigenvalue weighted by Gasteiger charge is 2.19. The number of hydrogen-bond acceptors (Lipinski definition) is 6. The molecule has 0 aliphatic rings. The Balaban J connectivity index is 3.91. The fraction of sp³-hybridized carbons (Fsp3) is 0.901. The minimum absolute atomic E-state index is 0.0666. The number of carbonyl (C=O) groups excluding carboxylic acids is 3. The topological polar surface area (TPSA) is 78.9 Å². The van der Waals surface area contributed by atoms with Gasteiger partial charge in [0, 0.05) is 19.3 Å². The molecule has 0 bridgehead atoms. The maximum Gasteiger partial charge on any atom is 0.306 e. The van der Waals surface area contributed by atoms with Gasteiger partial charge in [-0.15, -0.1) is 0 Å². The maximum atomic E-state index is 12.8. The van der Waals surface area contributed by atoms with Crippen LogP contribution in [0.2, 0.25) is 0 Å². The van der Waals surface area contributed by atoms with E-state index in [1.165, 1.54) is 289 Å². The molecule has 0 heterocycles. The Morgan fingerprint density at radius 2 is 0.429 bits per heavy atom. The third-order valence-electron chi connectivity index (χ3n) is 15.9. The molecular weight excluding hydrogens is 949 g/mol. The van der Waals surface area contributed by atoms with E-state index in [1.807, 2.05) is 0 Å². The standard InChI is InChI=1S/C71H134O6/c1-4-7-10-13-15-17-19-21-23-25-27-29-31-32-33-34-35-36-37-38-40-41-43-45-47-49-51-53-55-58-61-64-70(73)76-67-68(66-75-69(72)63-60-57-12-9-6-3)77-71(74)65-62-59-56-54-52-50-48-46-44-42-39-30-28-26-24-22-20-18-16-14-11-8-5-2/h25-28,68H,4-24,29-67H2,1-3H3/b27-25-,28-26-. The molecule has 0 aromatic carbocycles. The summed E-state index contributed by atoms with van der Waals surface area (Å²) in [7, 11) is 0. The Bertz CT molecular complexity index is 1240. The first-order valence-corrected chi connectivity index (χ1v) is 34.8. The van der Waals surface area contributed by atoms with Crippen LogP contribution in [0.15, 0.2) is 24.3 Å². The molecule has 1 atom stereocenters. The fourth-order valence-corrected chi connectivity index (χ4v) is 10.7. The SMILES string of the molecule is CCCCCCCCCC/C=C\CCCCCCCCCCCCCCCCCCCCCC(=O)OCC(COC(=O)CCCCCCC)OC(=O)CCCCCCCCCCCCC/C=C\CCCCCCCCCC. The van der Waals surface area contributed by atoms with Crippen LogP contribution in [-0.4, -0.2) is 37.2 Å². The summed E-state index contributed by atoms with van der Waals surface area (Å²) in [6, 6.07) is 0. The van der Waals surface area contributed by atoms with E-state index >= 15 is 0 Å². The number of esters is 3. The lowest BCUT2D eigenvalue weighted by Gasteiger charge is -2.18. The molecule has 0 fully saturated rings. The Labute approximate surface area is 481 Å². The van der Waals surface area contributed by atoms with Crippen LogP contribution in [0.4, 0.5) is 0 Å². The average Bonchev–Trinajstić information content (AvgIpc) is 3.43. The van der Waals surface area contributed by atoms with E-state index in [2.05, 4.69) is 45.1 Å². The third-order valence-corrected chi connectivity index (χ3v) is 15.9. The number of unbranched alkanes of at least 4 members (excludes halogenated alkanes) is 50. The molecule has 0 aromatic heterocycles. The van der Waals surface area contributed by atoms with Crippen molar-refractivity contribution in [1.29, 1.82) is 0 Å². The summed E-state index contributed by atoms with van der Waals surface area (Å²) in [5.41, 5.74) is 0. The molecular formula is C71H134O6. The van der Waals surface area contributed by atoms with Crippen LogP contribution in [0.25, 0.3) is 0 Å². The monoisotopic (exact) mass is 1080 g/mol. The van der Waals surface area contributed by atoms with Gasteiger partial charge in [-0.1, -0.05) is 328 Å². The molecule has 0 radical (unpaired) electrons. The van der Waals surface area contributed by atoms with Crippen molar-refractivity contribution in [2.24, 2.45) is 0 Å². The fourth-order valence-electron chi connectivity index (χ4n) is 10.7. The number of rotatable bonds is 65. The van der Waals surface area contributed by atoms with Crippen molar-refractivity contribution >= 4 is 17.9 Å². The van der Waals surface area contributed by atoms with Gasteiger partial charge in [0.25, 0.3) is 0 Å². The van der Waals surface area contributed by atoms with Gasteiger partial charge in [0.15, 0.2) is 6.10 Å². The van der Waals surface area contributed by atoms with E-state index in [9.17, 15) is 14.4 Å². The van der Waals surface area contributed by atoms with Crippen LogP contribution in [0, 0.1) is 0 Å². The second-order valence-electron chi connectivity index (χ2n) is 23.8. The first-order chi connectivity index (χ1) is 38.0. The van der Waals surface area contributed by atoms with Gasteiger partial charge >= 0.3 is 17.9 Å². The van der Waals surface area contributed by atoms with Crippen molar-refractivity contribution in [1.82, 2.24) is 0 Å². The molecule has 0 saturated carbocycles. The molecule has 0 aliphatic heterocycles. The van der Waals surface area contributed by atoms with Crippen molar-refractivity contribution in [3.63, 3.8) is 0 Å². The molecule has 454 valence electrons. The van der Waals surface area contributed by atoms with Gasteiger partial charge in [-0.25, -0.2) is 0 Å². The molecule has 0 spiro atoms. The quantitative estimate of drug-likeness (QED) is 0.0261. The molecule has 77 heavy (non-hydrogen) atoms. The summed E-state index contributed by atoms with van der Waals surface area (Å²) in [6.45, 7) is 6.62. The molecule has 1 unspecified atom stereocenters. The van der Waals surface area contributed by atoms with E-state index in [0.29, 0.717) is 19.3 Å². The van der Waals surface area contributed by atoms with E-state index in [0.717, 1.165) is 64.2 Å². The Morgan fingerprint density at radius 3 is 0.649 bits per heavy atom. The minimum Gasteiger partial charge on any atom is -0.462 e. The maximum absolute atomic E-state index is 12.8. The normalized spacial score (nSPS) is 12.1. The minimum atomic E-state index is -0.765. The lowest BCUT2D eigenvalue weighted by molar-refractivity contribution is -0.167. The number of carbonyl (C=O) groups is 3. The van der Waals surface area contributed by atoms with E-state index < -0.39 is 6.10 Å². The van der Waals surface area contributed by atoms with Crippen LogP contribution in [-0.2, 0) is 28.6 Å². The van der Waals surface area contributed by atoms with E-state index in [-0.39, 0.29) is 31.1 Å². The summed E-state index contributed by atoms with van der Waals surface area (Å²) in [5, 5.41) is 0. The van der Waals surface area contributed by atoms with Crippen LogP contribution >= 0.6 is 0 Å². The van der Waals surface area contributed by atoms with Crippen LogP contribution in [0.1, 0.15) is 393 Å². The predicted molar refractivity (Wildman–Crippen MR) is 335 cm³/mol. The highest BCUT2D eigenvalue weighted by atomic mass is 16.6. The summed E-state index contributed by atoms with van der Waals surface area (Å²) < 4.78 is 16.8. The molecule has 0 aliphatic carbocycles. The average molecular weight is 1080 g/mol. The predicted octanol–water partition coefficient (Wildman–Crippen LogP) is 23.8. The van der Waals surface area contributed by atoms with Gasteiger partial charge < -0.3 is 14.2 Å². The number of allylic oxidation sites excluding steroid dienone is 4. The number of ether oxygens (including phenoxy) is 3. The molecule has 0 saturated heterocycles. The van der Waals surface area contributed by atoms with Crippen molar-refractivity contribution < 1.29 is 28.6 Å². The van der Waals surface area contributed by atoms with Crippen molar-refractivity contribution in [3.05, 3.63) is 24.3 Å². The highest BCUT2D eigenvalue weighted by molar-refractivity contribution is 5.71. The zero-order valence-electron chi connectivity index (χ0n) is 52.3. The van der Waals surface area contributed by atoms with Crippen LogP contribution < -0.4 is 0 Å². The van der Waals surface area contributed by atoms with Crippen LogP contribution in [0.3, 0.4) is 0 Å². The molecule has 0 rings (SSSR count). The lowest BCUT2D eigenvalue weighted by Crippen LogP contribution is -2.30. The van der Waals surface area contributed by atoms with Gasteiger partial charge in [-0.05, 0) is 70.6 Å². The van der Waals surface area contributed by atoms with Crippen molar-refractivity contribution in [2.75, 3.05) is 13.2 Å². The third kappa shape index (κ3) is 64.6. The Kier molecular flexibility index (Phi) is 64.6. The largest absolute Gasteiger partial charge is 0.462 e. The molecule has 6 heteroatoms. The molecule has 0 N–H and O–H groups in total. The number of hydrogen-bond donors (Lipinski definition) is 0. The van der Waals surface area contributed by atoms with Gasteiger partial charge in [-0.2, -0.15) is 0 Å². The van der Waals surface area contributed by atoms with Crippen molar-refractivity contribution in [3.8, 4) is 0 Å². The summed E-state index contributed by atoms with van der Waals surface area (Å²) in [4.78, 5) is 38.0. The Morgan fingerprint density at radius 1 is 0.247 bits per heavy atom. The van der Waals surface area contributed by atoms with Gasteiger partial charge in [-0.3, -0.25) is 14.4 Å².